The molecule has 1 N–H and O–H groups in total. The number of carbonyl (C=O) groups is 1. The van der Waals surface area contributed by atoms with Crippen molar-refractivity contribution in [3.05, 3.63) is 65.4 Å². The number of nitrogens with zero attached hydrogens (tertiary/aromatic N) is 3. The molecule has 1 unspecified atom stereocenters. The van der Waals surface area contributed by atoms with E-state index in [2.05, 4.69) is 15.2 Å². The summed E-state index contributed by atoms with van der Waals surface area (Å²) < 4.78 is 30.0. The van der Waals surface area contributed by atoms with Crippen LogP contribution in [0.25, 0.3) is 11.3 Å². The summed E-state index contributed by atoms with van der Waals surface area (Å²) >= 11 is 0. The van der Waals surface area contributed by atoms with Crippen LogP contribution in [0.4, 0.5) is 4.39 Å². The first kappa shape index (κ1) is 24.6. The first-order valence-corrected chi connectivity index (χ1v) is 11.6. The number of rotatable bonds is 10. The van der Waals surface area contributed by atoms with Gasteiger partial charge in [-0.2, -0.15) is 0 Å². The molecule has 2 aliphatic rings. The van der Waals surface area contributed by atoms with E-state index in [0.29, 0.717) is 67.8 Å². The Hall–Kier alpha value is -3.50. The molecule has 0 amide bonds. The smallest absolute Gasteiger partial charge is 0.333 e. The van der Waals surface area contributed by atoms with Crippen molar-refractivity contribution in [1.82, 2.24) is 10.1 Å². The molecular formula is C25H28FN3O6. The first-order chi connectivity index (χ1) is 17.0. The van der Waals surface area contributed by atoms with Gasteiger partial charge in [0.05, 0.1) is 18.8 Å². The summed E-state index contributed by atoms with van der Waals surface area (Å²) in [6, 6.07) is 7.35. The van der Waals surface area contributed by atoms with Crippen LogP contribution in [0.1, 0.15) is 25.5 Å². The predicted octanol–water partition coefficient (Wildman–Crippen LogP) is 3.63. The van der Waals surface area contributed by atoms with Crippen LogP contribution >= 0.6 is 0 Å². The third-order valence-electron chi connectivity index (χ3n) is 5.71. The van der Waals surface area contributed by atoms with E-state index in [-0.39, 0.29) is 24.0 Å². The lowest BCUT2D eigenvalue weighted by molar-refractivity contribution is -0.133. The van der Waals surface area contributed by atoms with Gasteiger partial charge in [0.1, 0.15) is 30.5 Å². The third-order valence-corrected chi connectivity index (χ3v) is 5.71. The van der Waals surface area contributed by atoms with E-state index in [1.165, 1.54) is 12.1 Å². The number of carboxylic acids is 1. The Morgan fingerprint density at radius 3 is 2.77 bits per heavy atom. The molecule has 35 heavy (non-hydrogen) atoms. The van der Waals surface area contributed by atoms with Crippen molar-refractivity contribution >= 4 is 11.7 Å². The summed E-state index contributed by atoms with van der Waals surface area (Å²) in [7, 11) is 0. The van der Waals surface area contributed by atoms with Crippen molar-refractivity contribution in [2.45, 2.75) is 25.8 Å². The topological polar surface area (TPSA) is 107 Å². The summed E-state index contributed by atoms with van der Waals surface area (Å²) in [6.45, 7) is 4.91. The Kier molecular flexibility index (Phi) is 8.27. The van der Waals surface area contributed by atoms with Crippen LogP contribution in [-0.4, -0.2) is 72.4 Å². The van der Waals surface area contributed by atoms with Crippen LogP contribution in [0, 0.1) is 5.82 Å². The maximum absolute atomic E-state index is 13.2. The number of hydrogen-bond acceptors (Lipinski definition) is 8. The first-order valence-electron chi connectivity index (χ1n) is 11.6. The summed E-state index contributed by atoms with van der Waals surface area (Å²) in [5.41, 5.74) is 1.85. The standard InChI is InChI=1S/C25H28FN3O6/c1-2-11-34-27-22(24-15-21(28-35-24)17-3-5-18(26)6-4-17)16-33-19-7-8-23(20(14-19)25(30)31)29-9-12-32-13-10-29/h3-7,14-15,23H,2,8-13,16H2,1H3,(H,30,31)/b27-22+. The molecule has 0 radical (unpaired) electrons. The fraction of sp³-hybridized carbons (Fsp3) is 0.400. The number of morpholine rings is 1. The molecule has 186 valence electrons. The van der Waals surface area contributed by atoms with Gasteiger partial charge in [-0.05, 0) is 49.3 Å². The van der Waals surface area contributed by atoms with Gasteiger partial charge < -0.3 is 23.9 Å². The van der Waals surface area contributed by atoms with Gasteiger partial charge in [0.25, 0.3) is 0 Å². The van der Waals surface area contributed by atoms with Crippen LogP contribution in [0.2, 0.25) is 0 Å². The van der Waals surface area contributed by atoms with E-state index in [9.17, 15) is 14.3 Å². The molecule has 1 aliphatic heterocycles. The van der Waals surface area contributed by atoms with Crippen molar-refractivity contribution < 1.29 is 33.1 Å². The van der Waals surface area contributed by atoms with Crippen molar-refractivity contribution in [3.63, 3.8) is 0 Å². The van der Waals surface area contributed by atoms with E-state index >= 15 is 0 Å². The quantitative estimate of drug-likeness (QED) is 0.309. The number of halogens is 1. The van der Waals surface area contributed by atoms with Crippen LogP contribution in [0.15, 0.2) is 63.5 Å². The predicted molar refractivity (Wildman–Crippen MR) is 125 cm³/mol. The van der Waals surface area contributed by atoms with E-state index in [1.54, 1.807) is 24.3 Å². The molecule has 1 fully saturated rings. The Balaban J connectivity index is 1.47. The minimum atomic E-state index is -0.977. The number of allylic oxidation sites excluding steroid dienone is 1. The lowest BCUT2D eigenvalue weighted by Crippen LogP contribution is -2.46. The molecule has 1 aliphatic carbocycles. The van der Waals surface area contributed by atoms with Gasteiger partial charge >= 0.3 is 5.97 Å². The molecule has 4 rings (SSSR count). The number of carboxylic acid groups (broad SMARTS) is 1. The average Bonchev–Trinajstić information content (AvgIpc) is 3.37. The van der Waals surface area contributed by atoms with Gasteiger partial charge in [-0.3, -0.25) is 4.90 Å². The highest BCUT2D eigenvalue weighted by molar-refractivity contribution is 5.99. The van der Waals surface area contributed by atoms with Gasteiger partial charge in [0, 0.05) is 30.8 Å². The average molecular weight is 486 g/mol. The lowest BCUT2D eigenvalue weighted by atomic mass is 9.96. The maximum Gasteiger partial charge on any atom is 0.333 e. The molecule has 0 saturated carbocycles. The van der Waals surface area contributed by atoms with Crippen LogP contribution in [0.3, 0.4) is 0 Å². The molecule has 1 aromatic carbocycles. The number of aromatic nitrogens is 1. The maximum atomic E-state index is 13.2. The molecule has 2 aromatic rings. The highest BCUT2D eigenvalue weighted by Crippen LogP contribution is 2.25. The van der Waals surface area contributed by atoms with E-state index < -0.39 is 5.97 Å². The van der Waals surface area contributed by atoms with Gasteiger partial charge in [0.2, 0.25) is 0 Å². The normalized spacial score (nSPS) is 19.1. The van der Waals surface area contributed by atoms with Gasteiger partial charge in [0.15, 0.2) is 11.5 Å². The van der Waals surface area contributed by atoms with Gasteiger partial charge in [-0.25, -0.2) is 9.18 Å². The van der Waals surface area contributed by atoms with Crippen molar-refractivity contribution in [3.8, 4) is 11.3 Å². The summed E-state index contributed by atoms with van der Waals surface area (Å²) in [5, 5.41) is 18.0. The second kappa shape index (κ2) is 11.8. The lowest BCUT2D eigenvalue weighted by Gasteiger charge is -2.35. The van der Waals surface area contributed by atoms with Crippen molar-refractivity contribution in [2.24, 2.45) is 5.16 Å². The van der Waals surface area contributed by atoms with Crippen molar-refractivity contribution in [1.29, 1.82) is 0 Å². The number of oxime groups is 1. The van der Waals surface area contributed by atoms with Crippen molar-refractivity contribution in [2.75, 3.05) is 39.5 Å². The van der Waals surface area contributed by atoms with E-state index in [1.807, 2.05) is 13.0 Å². The second-order valence-electron chi connectivity index (χ2n) is 8.15. The van der Waals surface area contributed by atoms with Gasteiger partial charge in [-0.1, -0.05) is 17.2 Å². The fourth-order valence-electron chi connectivity index (χ4n) is 3.88. The number of ether oxygens (including phenoxy) is 2. The highest BCUT2D eigenvalue weighted by Gasteiger charge is 2.30. The molecule has 0 spiro atoms. The SMILES string of the molecule is CCCO/N=C(\COC1=CCC(N2CCOCC2)C(C(=O)O)=C1)c1cc(-c2ccc(F)cc2)no1. The number of aliphatic carboxylic acids is 1. The Bertz CT molecular complexity index is 1100. The molecule has 0 bridgehead atoms. The molecule has 1 aromatic heterocycles. The second-order valence-corrected chi connectivity index (χ2v) is 8.15. The van der Waals surface area contributed by atoms with Crippen LogP contribution in [0.5, 0.6) is 0 Å². The summed E-state index contributed by atoms with van der Waals surface area (Å²) in [5.74, 6) is -0.541. The third kappa shape index (κ3) is 6.34. The zero-order chi connectivity index (χ0) is 24.6. The minimum Gasteiger partial charge on any atom is -0.487 e. The largest absolute Gasteiger partial charge is 0.487 e. The van der Waals surface area contributed by atoms with Crippen LogP contribution < -0.4 is 0 Å². The summed E-state index contributed by atoms with van der Waals surface area (Å²) in [6.07, 6.45) is 4.72. The van der Waals surface area contributed by atoms with E-state index in [4.69, 9.17) is 18.8 Å². The van der Waals surface area contributed by atoms with E-state index in [0.717, 1.165) is 6.42 Å². The Labute approximate surface area is 202 Å². The van der Waals surface area contributed by atoms with Crippen LogP contribution in [-0.2, 0) is 19.1 Å². The monoisotopic (exact) mass is 485 g/mol. The molecule has 2 heterocycles. The molecule has 9 nitrogen and oxygen atoms in total. The zero-order valence-corrected chi connectivity index (χ0v) is 19.5. The molecule has 1 saturated heterocycles. The Morgan fingerprint density at radius 1 is 1.29 bits per heavy atom. The fourth-order valence-corrected chi connectivity index (χ4v) is 3.88. The molecular weight excluding hydrogens is 457 g/mol. The number of benzene rings is 1. The minimum absolute atomic E-state index is 0.0147. The number of hydrogen-bond donors (Lipinski definition) is 1. The zero-order valence-electron chi connectivity index (χ0n) is 19.5. The summed E-state index contributed by atoms with van der Waals surface area (Å²) in [4.78, 5) is 19.4. The van der Waals surface area contributed by atoms with Gasteiger partial charge in [-0.15, -0.1) is 0 Å². The Morgan fingerprint density at radius 2 is 2.06 bits per heavy atom. The molecule has 1 atom stereocenters. The highest BCUT2D eigenvalue weighted by atomic mass is 19.1. The molecule has 10 heteroatoms.